The van der Waals surface area contributed by atoms with Crippen LogP contribution < -0.4 is 10.6 Å². The maximum Gasteiger partial charge on any atom is 0.249 e. The van der Waals surface area contributed by atoms with Gasteiger partial charge < -0.3 is 25.2 Å². The Kier molecular flexibility index (Phi) is 7.97. The number of ketones is 1. The molecule has 3 heterocycles. The Morgan fingerprint density at radius 3 is 2.29 bits per heavy atom. The van der Waals surface area contributed by atoms with Crippen molar-refractivity contribution in [2.24, 2.45) is 22.5 Å². The van der Waals surface area contributed by atoms with Crippen molar-refractivity contribution < 1.29 is 19.1 Å². The minimum absolute atomic E-state index is 0.0396. The van der Waals surface area contributed by atoms with Gasteiger partial charge in [0.05, 0.1) is 12.0 Å². The van der Waals surface area contributed by atoms with E-state index in [0.717, 1.165) is 38.4 Å². The minimum Gasteiger partial charge on any atom is -0.369 e. The number of anilines is 1. The molecule has 3 fully saturated rings. The van der Waals surface area contributed by atoms with Crippen molar-refractivity contribution in [2.45, 2.75) is 73.0 Å². The summed E-state index contributed by atoms with van der Waals surface area (Å²) in [6, 6.07) is 5.14. The topological polar surface area (TPSA) is 96.2 Å². The van der Waals surface area contributed by atoms with E-state index in [1.807, 2.05) is 12.1 Å². The quantitative estimate of drug-likeness (QED) is 0.611. The van der Waals surface area contributed by atoms with E-state index in [1.54, 1.807) is 11.0 Å². The number of rotatable bonds is 6. The van der Waals surface area contributed by atoms with E-state index in [-0.39, 0.29) is 41.1 Å². The molecular formula is C30H46N4O4. The number of carbonyl (C=O) groups is 3. The van der Waals surface area contributed by atoms with Gasteiger partial charge in [0.15, 0.2) is 5.78 Å². The summed E-state index contributed by atoms with van der Waals surface area (Å²) in [4.78, 5) is 46.6. The van der Waals surface area contributed by atoms with Crippen LogP contribution in [0.5, 0.6) is 0 Å². The lowest BCUT2D eigenvalue weighted by Gasteiger charge is -2.36. The zero-order valence-corrected chi connectivity index (χ0v) is 24.3. The molecule has 0 saturated carbocycles. The van der Waals surface area contributed by atoms with Gasteiger partial charge in [0.1, 0.15) is 12.6 Å². The number of carbonyl (C=O) groups excluding carboxylic acids is 3. The summed E-state index contributed by atoms with van der Waals surface area (Å²) in [6.45, 7) is 20.1. The van der Waals surface area contributed by atoms with Crippen molar-refractivity contribution in [3.05, 3.63) is 29.3 Å². The molecule has 38 heavy (non-hydrogen) atoms. The number of ether oxygens (including phenoxy) is 1. The van der Waals surface area contributed by atoms with Crippen molar-refractivity contribution in [2.75, 3.05) is 50.8 Å². The van der Waals surface area contributed by atoms with E-state index in [4.69, 9.17) is 10.5 Å². The first-order valence-electron chi connectivity index (χ1n) is 14.1. The molecule has 210 valence electrons. The first-order chi connectivity index (χ1) is 17.7. The maximum absolute atomic E-state index is 14.5. The molecule has 3 aliphatic rings. The number of nitrogens with two attached hydrogens (primary N) is 1. The average Bonchev–Trinajstić information content (AvgIpc) is 3.42. The van der Waals surface area contributed by atoms with Gasteiger partial charge in [-0.1, -0.05) is 48.5 Å². The van der Waals surface area contributed by atoms with Crippen LogP contribution in [0.15, 0.2) is 18.2 Å². The van der Waals surface area contributed by atoms with Crippen LogP contribution in [0.25, 0.3) is 0 Å². The fourth-order valence-corrected chi connectivity index (χ4v) is 6.37. The molecule has 0 aliphatic carbocycles. The number of hydrogen-bond acceptors (Lipinski definition) is 6. The zero-order chi connectivity index (χ0) is 28.0. The lowest BCUT2D eigenvalue weighted by molar-refractivity contribution is -0.138. The van der Waals surface area contributed by atoms with Gasteiger partial charge in [0.2, 0.25) is 11.8 Å². The molecular weight excluding hydrogens is 480 g/mol. The number of likely N-dealkylation sites (N-methyl/N-ethyl adjacent to an activating group) is 1. The predicted octanol–water partition coefficient (Wildman–Crippen LogP) is 3.29. The van der Waals surface area contributed by atoms with E-state index in [9.17, 15) is 14.4 Å². The molecule has 2 N–H and O–H groups in total. The van der Waals surface area contributed by atoms with Gasteiger partial charge in [-0.25, -0.2) is 0 Å². The summed E-state index contributed by atoms with van der Waals surface area (Å²) < 4.78 is 5.95. The first-order valence-corrected chi connectivity index (χ1v) is 14.1. The molecule has 0 aromatic heterocycles. The van der Waals surface area contributed by atoms with Gasteiger partial charge in [0.25, 0.3) is 0 Å². The lowest BCUT2D eigenvalue weighted by Crippen LogP contribution is -2.46. The van der Waals surface area contributed by atoms with Gasteiger partial charge in [-0.3, -0.25) is 14.4 Å². The molecule has 0 unspecified atom stereocenters. The van der Waals surface area contributed by atoms with Crippen LogP contribution in [0.4, 0.5) is 5.69 Å². The van der Waals surface area contributed by atoms with Crippen LogP contribution in [0.3, 0.4) is 0 Å². The van der Waals surface area contributed by atoms with Crippen LogP contribution >= 0.6 is 0 Å². The molecule has 3 aliphatic heterocycles. The third-order valence-electron chi connectivity index (χ3n) is 8.56. The van der Waals surface area contributed by atoms with Gasteiger partial charge >= 0.3 is 0 Å². The molecule has 1 aromatic rings. The highest BCUT2D eigenvalue weighted by Crippen LogP contribution is 2.44. The van der Waals surface area contributed by atoms with Crippen LogP contribution in [0.1, 0.15) is 76.7 Å². The number of nitrogens with zero attached hydrogens (tertiary/aromatic N) is 3. The van der Waals surface area contributed by atoms with Crippen LogP contribution in [-0.2, 0) is 14.3 Å². The fourth-order valence-electron chi connectivity index (χ4n) is 6.37. The summed E-state index contributed by atoms with van der Waals surface area (Å²) >= 11 is 0. The van der Waals surface area contributed by atoms with Crippen LogP contribution in [-0.4, -0.2) is 85.4 Å². The molecule has 8 nitrogen and oxygen atoms in total. The second kappa shape index (κ2) is 10.6. The number of fused-ring (bicyclic) bond motifs is 1. The van der Waals surface area contributed by atoms with Crippen molar-refractivity contribution in [1.29, 1.82) is 0 Å². The van der Waals surface area contributed by atoms with E-state index >= 15 is 0 Å². The molecule has 4 atom stereocenters. The van der Waals surface area contributed by atoms with Crippen molar-refractivity contribution in [3.8, 4) is 0 Å². The largest absolute Gasteiger partial charge is 0.369 e. The van der Waals surface area contributed by atoms with E-state index in [2.05, 4.69) is 58.3 Å². The molecule has 1 aromatic carbocycles. The lowest BCUT2D eigenvalue weighted by atomic mass is 9.78. The normalized spacial score (nSPS) is 25.6. The molecule has 0 bridgehead atoms. The summed E-state index contributed by atoms with van der Waals surface area (Å²) in [5, 5.41) is 0. The molecule has 2 amide bonds. The fraction of sp³-hybridized carbons (Fsp3) is 0.700. The monoisotopic (exact) mass is 526 g/mol. The first kappa shape index (κ1) is 28.6. The van der Waals surface area contributed by atoms with Gasteiger partial charge in [-0.05, 0) is 47.6 Å². The van der Waals surface area contributed by atoms with Crippen molar-refractivity contribution in [3.63, 3.8) is 0 Å². The molecule has 3 saturated heterocycles. The average molecular weight is 527 g/mol. The number of benzene rings is 1. The van der Waals surface area contributed by atoms with E-state index in [0.29, 0.717) is 24.1 Å². The molecule has 4 rings (SSSR count). The minimum atomic E-state index is -0.595. The van der Waals surface area contributed by atoms with Gasteiger partial charge in [-0.15, -0.1) is 0 Å². The summed E-state index contributed by atoms with van der Waals surface area (Å²) in [5.74, 6) is -1.24. The van der Waals surface area contributed by atoms with E-state index in [1.165, 1.54) is 0 Å². The molecule has 0 radical (unpaired) electrons. The predicted molar refractivity (Wildman–Crippen MR) is 149 cm³/mol. The number of hydrogen-bond donors (Lipinski definition) is 1. The second-order valence-electron chi connectivity index (χ2n) is 13.5. The number of primary amides is 1. The smallest absolute Gasteiger partial charge is 0.249 e. The Hall–Kier alpha value is -2.45. The Morgan fingerprint density at radius 2 is 1.74 bits per heavy atom. The highest BCUT2D eigenvalue weighted by atomic mass is 16.5. The maximum atomic E-state index is 14.5. The summed E-state index contributed by atoms with van der Waals surface area (Å²) in [7, 11) is 0. The van der Waals surface area contributed by atoms with Crippen molar-refractivity contribution >= 4 is 23.3 Å². The van der Waals surface area contributed by atoms with Crippen molar-refractivity contribution in [1.82, 2.24) is 9.80 Å². The highest BCUT2D eigenvalue weighted by molar-refractivity contribution is 5.99. The zero-order valence-electron chi connectivity index (χ0n) is 24.3. The van der Waals surface area contributed by atoms with E-state index < -0.39 is 17.9 Å². The second-order valence-corrected chi connectivity index (χ2v) is 13.5. The Labute approximate surface area is 227 Å². The molecule has 8 heteroatoms. The van der Waals surface area contributed by atoms with Crippen LogP contribution in [0.2, 0.25) is 0 Å². The third kappa shape index (κ3) is 5.76. The summed E-state index contributed by atoms with van der Waals surface area (Å²) in [6.07, 6.45) is 0.237. The standard InChI is InChI=1S/C30H46N4O4/c1-8-32-11-13-33(14-12-32)19-9-10-20(27(31)36)21(15-19)22(16-29(2,3)4)28(37)34-17-23(30(5,6)7)26-25(34)24(35)18-38-26/h9-10,15,22-23,25-26H,8,11-14,16-18H2,1-7H3,(H2,31,36)/t22-,23+,25+,26+/m0/s1. The number of Topliss-reactive ketones (excluding diaryl/α,β-unsaturated/α-hetero) is 1. The Balaban J connectivity index is 1.74. The number of likely N-dealkylation sites (tertiary alicyclic amines) is 1. The van der Waals surface area contributed by atoms with Gasteiger partial charge in [-0.2, -0.15) is 0 Å². The van der Waals surface area contributed by atoms with Crippen LogP contribution in [0, 0.1) is 16.7 Å². The third-order valence-corrected chi connectivity index (χ3v) is 8.56. The summed E-state index contributed by atoms with van der Waals surface area (Å²) in [5.41, 5.74) is 7.58. The Morgan fingerprint density at radius 1 is 1.08 bits per heavy atom. The Bertz CT molecular complexity index is 1060. The molecule has 0 spiro atoms. The number of piperazine rings is 1. The number of amides is 2. The SMILES string of the molecule is CCN1CCN(c2ccc(C(N)=O)c([C@H](CC(C)(C)C)C(=O)N3C[C@@H](C(C)(C)C)[C@H]4OCC(=O)[C@H]43)c2)CC1. The van der Waals surface area contributed by atoms with Gasteiger partial charge in [0, 0.05) is 49.9 Å². The highest BCUT2D eigenvalue weighted by Gasteiger charge is 2.56.